The van der Waals surface area contributed by atoms with Gasteiger partial charge in [-0.2, -0.15) is 13.2 Å². The van der Waals surface area contributed by atoms with Gasteiger partial charge in [0.25, 0.3) is 5.91 Å². The number of alkyl halides is 3. The Morgan fingerprint density at radius 3 is 2.52 bits per heavy atom. The van der Waals surface area contributed by atoms with Crippen LogP contribution in [-0.4, -0.2) is 27.9 Å². The molecular weight excluding hydrogens is 438 g/mol. The van der Waals surface area contributed by atoms with E-state index in [1.54, 1.807) is 32.4 Å². The lowest BCUT2D eigenvalue weighted by molar-refractivity contribution is -0.137. The van der Waals surface area contributed by atoms with E-state index in [9.17, 15) is 22.4 Å². The highest BCUT2D eigenvalue weighted by Gasteiger charge is 2.31. The molecule has 33 heavy (non-hydrogen) atoms. The van der Waals surface area contributed by atoms with Gasteiger partial charge in [-0.15, -0.1) is 0 Å². The predicted molar refractivity (Wildman–Crippen MR) is 116 cm³/mol. The summed E-state index contributed by atoms with van der Waals surface area (Å²) in [5, 5.41) is 6.00. The van der Waals surface area contributed by atoms with Crippen molar-refractivity contribution in [3.05, 3.63) is 77.6 Å². The Labute approximate surface area is 185 Å². The normalized spacial score (nSPS) is 11.5. The summed E-state index contributed by atoms with van der Waals surface area (Å²) in [7, 11) is 1.75. The van der Waals surface area contributed by atoms with E-state index in [1.807, 2.05) is 6.07 Å². The number of fused-ring (bicyclic) bond motifs is 1. The van der Waals surface area contributed by atoms with Crippen LogP contribution in [-0.2, 0) is 6.18 Å². The van der Waals surface area contributed by atoms with Crippen molar-refractivity contribution in [1.82, 2.24) is 15.0 Å². The Balaban J connectivity index is 1.68. The second-order valence-corrected chi connectivity index (χ2v) is 7.26. The average Bonchev–Trinajstić information content (AvgIpc) is 2.79. The summed E-state index contributed by atoms with van der Waals surface area (Å²) in [4.78, 5) is 24.8. The van der Waals surface area contributed by atoms with E-state index < -0.39 is 29.2 Å². The molecule has 4 rings (SSSR count). The van der Waals surface area contributed by atoms with E-state index in [0.717, 1.165) is 17.6 Å². The molecule has 0 aliphatic rings. The van der Waals surface area contributed by atoms with Crippen LogP contribution in [0.3, 0.4) is 0 Å². The van der Waals surface area contributed by atoms with Crippen LogP contribution in [0, 0.1) is 12.7 Å². The van der Waals surface area contributed by atoms with E-state index in [0.29, 0.717) is 34.1 Å². The van der Waals surface area contributed by atoms with Gasteiger partial charge >= 0.3 is 6.18 Å². The lowest BCUT2D eigenvalue weighted by Gasteiger charge is -2.13. The number of nitrogens with zero attached hydrogens (tertiary/aromatic N) is 3. The number of anilines is 2. The zero-order valence-electron chi connectivity index (χ0n) is 17.5. The van der Waals surface area contributed by atoms with Gasteiger partial charge in [0.2, 0.25) is 0 Å². The van der Waals surface area contributed by atoms with E-state index >= 15 is 0 Å². The maximum atomic E-state index is 14.6. The van der Waals surface area contributed by atoms with Crippen LogP contribution in [0.25, 0.3) is 22.0 Å². The SMILES string of the molecule is CNc1cc2ncc(-c3cc(NC(=O)c4cc(C(F)(F)F)ccn4)c(F)cc3C)cc2cn1. The molecule has 0 atom stereocenters. The van der Waals surface area contributed by atoms with Crippen molar-refractivity contribution in [2.75, 3.05) is 17.7 Å². The highest BCUT2D eigenvalue weighted by Crippen LogP contribution is 2.32. The molecule has 1 amide bonds. The third-order valence-corrected chi connectivity index (χ3v) is 5.01. The summed E-state index contributed by atoms with van der Waals surface area (Å²) in [6.45, 7) is 1.70. The molecule has 1 aromatic carbocycles. The first-order chi connectivity index (χ1) is 15.7. The number of nitrogens with one attached hydrogen (secondary N) is 2. The molecule has 0 aliphatic heterocycles. The van der Waals surface area contributed by atoms with E-state index in [4.69, 9.17) is 0 Å². The Kier molecular flexibility index (Phi) is 5.67. The molecule has 10 heteroatoms. The Morgan fingerprint density at radius 1 is 1.00 bits per heavy atom. The molecule has 4 aromatic rings. The number of aryl methyl sites for hydroxylation is 1. The summed E-state index contributed by atoms with van der Waals surface area (Å²) in [5.41, 5.74) is 0.854. The van der Waals surface area contributed by atoms with Crippen molar-refractivity contribution in [3.63, 3.8) is 0 Å². The standard InChI is InChI=1S/C23H17F4N5O/c1-12-5-17(24)19(32-22(33)20-7-15(3-4-29-20)23(25,26)27)8-16(12)13-6-14-11-31-21(28-2)9-18(14)30-10-13/h3-11H,1-2H3,(H,28,31)(H,32,33). The van der Waals surface area contributed by atoms with Gasteiger partial charge in [0, 0.05) is 42.7 Å². The molecule has 0 saturated carbocycles. The summed E-state index contributed by atoms with van der Waals surface area (Å²) < 4.78 is 53.4. The molecule has 3 heterocycles. The summed E-state index contributed by atoms with van der Waals surface area (Å²) in [5.74, 6) is -1.03. The van der Waals surface area contributed by atoms with Crippen molar-refractivity contribution in [1.29, 1.82) is 0 Å². The van der Waals surface area contributed by atoms with E-state index in [2.05, 4.69) is 25.6 Å². The minimum absolute atomic E-state index is 0.191. The van der Waals surface area contributed by atoms with Crippen molar-refractivity contribution in [2.45, 2.75) is 13.1 Å². The number of benzene rings is 1. The smallest absolute Gasteiger partial charge is 0.373 e. The summed E-state index contributed by atoms with van der Waals surface area (Å²) >= 11 is 0. The van der Waals surface area contributed by atoms with Crippen LogP contribution >= 0.6 is 0 Å². The highest BCUT2D eigenvalue weighted by atomic mass is 19.4. The first-order valence-electron chi connectivity index (χ1n) is 9.74. The van der Waals surface area contributed by atoms with Crippen molar-refractivity contribution in [3.8, 4) is 11.1 Å². The molecule has 0 fully saturated rings. The van der Waals surface area contributed by atoms with Gasteiger partial charge in [0.05, 0.1) is 16.8 Å². The largest absolute Gasteiger partial charge is 0.416 e. The number of hydrogen-bond acceptors (Lipinski definition) is 5. The lowest BCUT2D eigenvalue weighted by atomic mass is 10.00. The van der Waals surface area contributed by atoms with Crippen molar-refractivity contribution in [2.24, 2.45) is 0 Å². The maximum absolute atomic E-state index is 14.6. The van der Waals surface area contributed by atoms with Gasteiger partial charge in [-0.05, 0) is 48.4 Å². The molecule has 0 radical (unpaired) electrons. The zero-order valence-corrected chi connectivity index (χ0v) is 17.5. The van der Waals surface area contributed by atoms with E-state index in [1.165, 1.54) is 12.1 Å². The van der Waals surface area contributed by atoms with Crippen LogP contribution in [0.2, 0.25) is 0 Å². The molecular formula is C23H17F4N5O. The number of pyridine rings is 3. The molecule has 6 nitrogen and oxygen atoms in total. The van der Waals surface area contributed by atoms with Gasteiger partial charge in [-0.25, -0.2) is 9.37 Å². The average molecular weight is 455 g/mol. The van der Waals surface area contributed by atoms with Crippen LogP contribution in [0.4, 0.5) is 29.1 Å². The summed E-state index contributed by atoms with van der Waals surface area (Å²) in [6, 6.07) is 7.62. The number of hydrogen-bond donors (Lipinski definition) is 2. The van der Waals surface area contributed by atoms with Gasteiger partial charge in [-0.3, -0.25) is 14.8 Å². The second-order valence-electron chi connectivity index (χ2n) is 7.26. The molecule has 0 aliphatic carbocycles. The highest BCUT2D eigenvalue weighted by molar-refractivity contribution is 6.03. The summed E-state index contributed by atoms with van der Waals surface area (Å²) in [6.07, 6.45) is -0.491. The monoisotopic (exact) mass is 455 g/mol. The molecule has 2 N–H and O–H groups in total. The topological polar surface area (TPSA) is 79.8 Å². The van der Waals surface area contributed by atoms with Gasteiger partial charge < -0.3 is 10.6 Å². The number of aromatic nitrogens is 3. The Morgan fingerprint density at radius 2 is 1.79 bits per heavy atom. The third kappa shape index (κ3) is 4.59. The first-order valence-corrected chi connectivity index (χ1v) is 9.74. The van der Waals surface area contributed by atoms with Crippen molar-refractivity contribution >= 4 is 28.3 Å². The van der Waals surface area contributed by atoms with Crippen molar-refractivity contribution < 1.29 is 22.4 Å². The molecule has 168 valence electrons. The fourth-order valence-corrected chi connectivity index (χ4v) is 3.30. The minimum Gasteiger partial charge on any atom is -0.373 e. The Bertz CT molecular complexity index is 1370. The first kappa shape index (κ1) is 22.1. The van der Waals surface area contributed by atoms with Crippen LogP contribution in [0.15, 0.2) is 55.0 Å². The minimum atomic E-state index is -4.63. The second kappa shape index (κ2) is 8.45. The number of rotatable bonds is 4. The van der Waals surface area contributed by atoms with Gasteiger partial charge in [0.15, 0.2) is 0 Å². The fourth-order valence-electron chi connectivity index (χ4n) is 3.30. The molecule has 0 unspecified atom stereocenters. The Hall–Kier alpha value is -4.08. The zero-order chi connectivity index (χ0) is 23.8. The fraction of sp³-hybridized carbons (Fsp3) is 0.130. The predicted octanol–water partition coefficient (Wildman–Crippen LogP) is 5.45. The van der Waals surface area contributed by atoms with Crippen LogP contribution in [0.5, 0.6) is 0 Å². The number of halogens is 4. The number of amides is 1. The molecule has 3 aromatic heterocycles. The number of carbonyl (C=O) groups is 1. The van der Waals surface area contributed by atoms with E-state index in [-0.39, 0.29) is 5.69 Å². The molecule has 0 bridgehead atoms. The van der Waals surface area contributed by atoms with Gasteiger partial charge in [-0.1, -0.05) is 0 Å². The van der Waals surface area contributed by atoms with Crippen LogP contribution in [0.1, 0.15) is 21.6 Å². The maximum Gasteiger partial charge on any atom is 0.416 e. The quantitative estimate of drug-likeness (QED) is 0.400. The van der Waals surface area contributed by atoms with Gasteiger partial charge in [0.1, 0.15) is 17.3 Å². The molecule has 0 spiro atoms. The van der Waals surface area contributed by atoms with Crippen LogP contribution < -0.4 is 10.6 Å². The third-order valence-electron chi connectivity index (χ3n) is 5.01. The number of carbonyl (C=O) groups excluding carboxylic acids is 1. The lowest BCUT2D eigenvalue weighted by Crippen LogP contribution is -2.16. The molecule has 0 saturated heterocycles.